The summed E-state index contributed by atoms with van der Waals surface area (Å²) in [6.07, 6.45) is 2.27. The second kappa shape index (κ2) is 14.1. The Labute approximate surface area is 278 Å². The number of aromatic nitrogens is 2. The Kier molecular flexibility index (Phi) is 10.0. The first-order valence-electron chi connectivity index (χ1n) is 14.9. The zero-order chi connectivity index (χ0) is 34.6. The number of carboxylic acids is 1. The van der Waals surface area contributed by atoms with Crippen molar-refractivity contribution in [3.05, 3.63) is 89.7 Å². The van der Waals surface area contributed by atoms with E-state index in [0.717, 1.165) is 38.3 Å². The van der Waals surface area contributed by atoms with E-state index in [1.165, 1.54) is 26.3 Å². The van der Waals surface area contributed by atoms with Crippen molar-refractivity contribution in [2.75, 3.05) is 31.5 Å². The number of anilines is 2. The number of carbonyl (C=O) groups is 2. The molecule has 0 saturated heterocycles. The average molecular weight is 677 g/mol. The third-order valence-corrected chi connectivity index (χ3v) is 9.40. The third kappa shape index (κ3) is 7.11. The third-order valence-electron chi connectivity index (χ3n) is 7.59. The lowest BCUT2D eigenvalue weighted by Gasteiger charge is -2.30. The van der Waals surface area contributed by atoms with Crippen LogP contribution in [0.1, 0.15) is 40.9 Å². The van der Waals surface area contributed by atoms with Gasteiger partial charge in [0.1, 0.15) is 23.1 Å². The van der Waals surface area contributed by atoms with E-state index in [-0.39, 0.29) is 34.4 Å². The minimum atomic E-state index is -4.10. The Morgan fingerprint density at radius 1 is 1.04 bits per heavy atom. The van der Waals surface area contributed by atoms with Crippen molar-refractivity contribution in [1.82, 2.24) is 14.1 Å². The molecule has 14 nitrogen and oxygen atoms in total. The fourth-order valence-electron chi connectivity index (χ4n) is 5.05. The Bertz CT molecular complexity index is 1980. The quantitative estimate of drug-likeness (QED) is 0.164. The molecule has 2 heterocycles. The number of aryl methyl sites for hydroxylation is 2. The molecule has 1 aliphatic heterocycles. The molecular formula is C33H36N6O8S. The maximum atomic E-state index is 14.1. The zero-order valence-corrected chi connectivity index (χ0v) is 27.8. The molecule has 252 valence electrons. The first-order valence-corrected chi connectivity index (χ1v) is 16.4. The van der Waals surface area contributed by atoms with Crippen molar-refractivity contribution in [2.24, 2.45) is 4.99 Å². The highest BCUT2D eigenvalue weighted by Crippen LogP contribution is 2.35. The van der Waals surface area contributed by atoms with Gasteiger partial charge < -0.3 is 30.0 Å². The van der Waals surface area contributed by atoms with Gasteiger partial charge in [-0.1, -0.05) is 36.8 Å². The number of carboxylic acid groups (broad SMARTS) is 1. The normalized spacial score (nSPS) is 14.7. The lowest BCUT2D eigenvalue weighted by Crippen LogP contribution is -2.45. The number of hydrogen-bond acceptors (Lipinski definition) is 10. The molecule has 0 spiro atoms. The monoisotopic (exact) mass is 676 g/mol. The van der Waals surface area contributed by atoms with Crippen LogP contribution in [0.2, 0.25) is 0 Å². The van der Waals surface area contributed by atoms with Gasteiger partial charge >= 0.3 is 5.97 Å². The van der Waals surface area contributed by atoms with Gasteiger partial charge in [-0.25, -0.2) is 18.2 Å². The summed E-state index contributed by atoms with van der Waals surface area (Å²) < 4.78 is 46.3. The standard InChI is InChI=1S/C33H36N6O8S/c1-6-29(47-26-13-11-20(2)15-21(26)3)46-19-34-23-12-14-27(45-5)25(16-23)37-32(40)30(39-18-22(17-35-39)33(41)42)31-36-24-9-7-8-10-28(24)48(43,44)38(31)4/h7-18,29-30,34H,6,19H2,1-5H3,(H,37,40)(H,41,42). The molecule has 2 unspecified atom stereocenters. The summed E-state index contributed by atoms with van der Waals surface area (Å²) in [4.78, 5) is 30.2. The number of amides is 1. The van der Waals surface area contributed by atoms with E-state index in [2.05, 4.69) is 20.7 Å². The summed E-state index contributed by atoms with van der Waals surface area (Å²) in [5.41, 5.74) is 2.87. The first kappa shape index (κ1) is 33.9. The number of nitrogens with one attached hydrogen (secondary N) is 2. The number of ether oxygens (including phenoxy) is 3. The summed E-state index contributed by atoms with van der Waals surface area (Å²) in [7, 11) is -1.39. The Hall–Kier alpha value is -5.41. The largest absolute Gasteiger partial charge is 0.495 e. The number of carbonyl (C=O) groups excluding carboxylic acids is 1. The first-order chi connectivity index (χ1) is 22.9. The van der Waals surface area contributed by atoms with Crippen molar-refractivity contribution in [1.29, 1.82) is 0 Å². The number of benzene rings is 3. The van der Waals surface area contributed by atoms with E-state index in [1.54, 1.807) is 30.3 Å². The van der Waals surface area contributed by atoms with Gasteiger partial charge in [0, 0.05) is 25.4 Å². The molecule has 0 radical (unpaired) electrons. The van der Waals surface area contributed by atoms with Gasteiger partial charge in [-0.2, -0.15) is 5.10 Å². The second-order valence-corrected chi connectivity index (χ2v) is 12.9. The van der Waals surface area contributed by atoms with Crippen LogP contribution in [0.5, 0.6) is 11.5 Å². The summed E-state index contributed by atoms with van der Waals surface area (Å²) in [5.74, 6) is -1.18. The van der Waals surface area contributed by atoms with E-state index in [4.69, 9.17) is 14.2 Å². The average Bonchev–Trinajstić information content (AvgIpc) is 3.54. The molecule has 1 amide bonds. The van der Waals surface area contributed by atoms with Crippen LogP contribution >= 0.6 is 0 Å². The number of methoxy groups -OCH3 is 1. The Morgan fingerprint density at radius 2 is 1.79 bits per heavy atom. The van der Waals surface area contributed by atoms with Crippen molar-refractivity contribution in [2.45, 2.75) is 44.4 Å². The number of sulfonamides is 1. The van der Waals surface area contributed by atoms with Gasteiger partial charge in [-0.15, -0.1) is 0 Å². The van der Waals surface area contributed by atoms with Gasteiger partial charge in [-0.05, 0) is 55.8 Å². The number of aromatic carboxylic acids is 1. The van der Waals surface area contributed by atoms with Crippen LogP contribution in [0.3, 0.4) is 0 Å². The van der Waals surface area contributed by atoms with Gasteiger partial charge in [0.05, 0.1) is 30.2 Å². The highest BCUT2D eigenvalue weighted by atomic mass is 32.2. The Morgan fingerprint density at radius 3 is 2.48 bits per heavy atom. The number of para-hydroxylation sites is 1. The highest BCUT2D eigenvalue weighted by molar-refractivity contribution is 7.90. The van der Waals surface area contributed by atoms with Crippen LogP contribution in [0.4, 0.5) is 17.1 Å². The molecule has 0 aliphatic carbocycles. The molecule has 3 N–H and O–H groups in total. The number of aliphatic imine (C=N–C) groups is 1. The highest BCUT2D eigenvalue weighted by Gasteiger charge is 2.39. The van der Waals surface area contributed by atoms with Crippen molar-refractivity contribution in [3.8, 4) is 11.5 Å². The molecule has 48 heavy (non-hydrogen) atoms. The van der Waals surface area contributed by atoms with E-state index in [9.17, 15) is 23.1 Å². The number of hydrogen-bond donors (Lipinski definition) is 3. The van der Waals surface area contributed by atoms with Crippen LogP contribution in [-0.2, 0) is 19.6 Å². The SMILES string of the molecule is CCC(OCNc1ccc(OC)c(NC(=O)C(C2=Nc3ccccc3S(=O)(=O)N2C)n2cc(C(=O)O)cn2)c1)Oc1ccc(C)cc1C. The number of fused-ring (bicyclic) bond motifs is 1. The lowest BCUT2D eigenvalue weighted by atomic mass is 10.1. The molecule has 2 atom stereocenters. The maximum Gasteiger partial charge on any atom is 0.338 e. The molecule has 4 aromatic rings. The number of likely N-dealkylation sites (N-methyl/N-ethyl adjacent to an activating group) is 1. The fraction of sp³-hybridized carbons (Fsp3) is 0.273. The molecule has 0 fully saturated rings. The van der Waals surface area contributed by atoms with E-state index in [1.807, 2.05) is 39.0 Å². The maximum absolute atomic E-state index is 14.1. The molecule has 1 aromatic heterocycles. The van der Waals surface area contributed by atoms with Crippen LogP contribution < -0.4 is 20.1 Å². The molecule has 0 bridgehead atoms. The van der Waals surface area contributed by atoms with Crippen LogP contribution in [-0.4, -0.2) is 72.5 Å². The van der Waals surface area contributed by atoms with Crippen LogP contribution in [0.15, 0.2) is 82.9 Å². The van der Waals surface area contributed by atoms with Gasteiger partial charge in [0.25, 0.3) is 15.9 Å². The van der Waals surface area contributed by atoms with Crippen LogP contribution in [0, 0.1) is 13.8 Å². The smallest absolute Gasteiger partial charge is 0.338 e. The molecule has 15 heteroatoms. The summed E-state index contributed by atoms with van der Waals surface area (Å²) >= 11 is 0. The molecule has 5 rings (SSSR count). The predicted octanol–water partition coefficient (Wildman–Crippen LogP) is 4.95. The molecule has 1 aliphatic rings. The zero-order valence-electron chi connectivity index (χ0n) is 27.0. The Balaban J connectivity index is 1.39. The summed E-state index contributed by atoms with van der Waals surface area (Å²) in [6, 6.07) is 15.5. The van der Waals surface area contributed by atoms with Gasteiger partial charge in [0.15, 0.2) is 11.9 Å². The number of amidine groups is 1. The second-order valence-electron chi connectivity index (χ2n) is 10.9. The number of rotatable bonds is 13. The topological polar surface area (TPSA) is 174 Å². The summed E-state index contributed by atoms with van der Waals surface area (Å²) in [5, 5.41) is 19.5. The van der Waals surface area contributed by atoms with E-state index >= 15 is 0 Å². The minimum Gasteiger partial charge on any atom is -0.495 e. The molecule has 3 aromatic carbocycles. The van der Waals surface area contributed by atoms with Gasteiger partial charge in [0.2, 0.25) is 6.29 Å². The van der Waals surface area contributed by atoms with E-state index < -0.39 is 34.2 Å². The van der Waals surface area contributed by atoms with Crippen molar-refractivity contribution >= 4 is 44.8 Å². The van der Waals surface area contributed by atoms with Crippen molar-refractivity contribution in [3.63, 3.8) is 0 Å². The van der Waals surface area contributed by atoms with E-state index in [0.29, 0.717) is 17.9 Å². The summed E-state index contributed by atoms with van der Waals surface area (Å²) in [6.45, 7) is 6.01. The van der Waals surface area contributed by atoms with Gasteiger partial charge in [-0.3, -0.25) is 13.8 Å². The molecular weight excluding hydrogens is 640 g/mol. The molecule has 0 saturated carbocycles. The minimum absolute atomic E-state index is 0.0329. The van der Waals surface area contributed by atoms with Crippen LogP contribution in [0.25, 0.3) is 0 Å². The lowest BCUT2D eigenvalue weighted by molar-refractivity contribution is -0.117. The predicted molar refractivity (Wildman–Crippen MR) is 179 cm³/mol. The fourth-order valence-corrected chi connectivity index (χ4v) is 6.36. The number of nitrogens with zero attached hydrogens (tertiary/aromatic N) is 4. The van der Waals surface area contributed by atoms with Crippen molar-refractivity contribution < 1.29 is 37.3 Å².